The summed E-state index contributed by atoms with van der Waals surface area (Å²) in [6.07, 6.45) is 10.3. The smallest absolute Gasteiger partial charge is 0.257 e. The molecule has 0 N–H and O–H groups in total. The predicted molar refractivity (Wildman–Crippen MR) is 118 cm³/mol. The van der Waals surface area contributed by atoms with Crippen molar-refractivity contribution in [1.82, 2.24) is 24.6 Å². The third kappa shape index (κ3) is 3.67. The van der Waals surface area contributed by atoms with Gasteiger partial charge < -0.3 is 4.90 Å². The number of hydrogen-bond donors (Lipinski definition) is 0. The number of rotatable bonds is 4. The van der Waals surface area contributed by atoms with Gasteiger partial charge in [0, 0.05) is 40.5 Å². The zero-order valence-electron chi connectivity index (χ0n) is 17.6. The van der Waals surface area contributed by atoms with Crippen molar-refractivity contribution in [3.8, 4) is 17.2 Å². The molecule has 3 aromatic heterocycles. The molecular weight excluding hydrogens is 394 g/mol. The summed E-state index contributed by atoms with van der Waals surface area (Å²) >= 11 is 1.78. The van der Waals surface area contributed by atoms with Crippen LogP contribution in [0.25, 0.3) is 17.2 Å². The molecule has 30 heavy (non-hydrogen) atoms. The van der Waals surface area contributed by atoms with Crippen LogP contribution in [0, 0.1) is 13.8 Å². The maximum absolute atomic E-state index is 13.3. The molecule has 6 nitrogen and oxygen atoms in total. The molecule has 3 aromatic rings. The first kappa shape index (κ1) is 19.4. The first-order chi connectivity index (χ1) is 14.6. The number of thiophene rings is 1. The molecule has 4 heterocycles. The minimum absolute atomic E-state index is 0.116. The van der Waals surface area contributed by atoms with Crippen molar-refractivity contribution in [2.75, 3.05) is 13.1 Å². The highest BCUT2D eigenvalue weighted by Gasteiger charge is 2.35. The molecule has 0 spiro atoms. The SMILES string of the molecule is Cc1cc(-c2ccnc(-n3ncc(C(=O)N4CCCCCC4)c3C3CC3)n2)c(C)s1. The third-order valence-electron chi connectivity index (χ3n) is 6.04. The second-order valence-corrected chi connectivity index (χ2v) is 9.87. The van der Waals surface area contributed by atoms with Crippen LogP contribution in [0.4, 0.5) is 0 Å². The number of aryl methyl sites for hydroxylation is 2. The molecule has 0 radical (unpaired) electrons. The lowest BCUT2D eigenvalue weighted by Crippen LogP contribution is -2.32. The van der Waals surface area contributed by atoms with E-state index in [0.29, 0.717) is 11.9 Å². The monoisotopic (exact) mass is 421 g/mol. The molecule has 1 aliphatic carbocycles. The number of amides is 1. The maximum atomic E-state index is 13.3. The number of carbonyl (C=O) groups excluding carboxylic acids is 1. The van der Waals surface area contributed by atoms with Gasteiger partial charge >= 0.3 is 0 Å². The summed E-state index contributed by atoms with van der Waals surface area (Å²) < 4.78 is 1.81. The lowest BCUT2D eigenvalue weighted by Gasteiger charge is -2.20. The van der Waals surface area contributed by atoms with E-state index in [1.807, 2.05) is 11.0 Å². The van der Waals surface area contributed by atoms with E-state index in [1.54, 1.807) is 28.4 Å². The van der Waals surface area contributed by atoms with Crippen molar-refractivity contribution in [3.05, 3.63) is 45.5 Å². The Morgan fingerprint density at radius 1 is 1.13 bits per heavy atom. The Hall–Kier alpha value is -2.54. The van der Waals surface area contributed by atoms with Crippen molar-refractivity contribution in [3.63, 3.8) is 0 Å². The average Bonchev–Trinajstić information content (AvgIpc) is 3.47. The summed E-state index contributed by atoms with van der Waals surface area (Å²) in [7, 11) is 0. The zero-order chi connectivity index (χ0) is 20.7. The molecule has 2 fully saturated rings. The van der Waals surface area contributed by atoms with Gasteiger partial charge in [-0.15, -0.1) is 11.3 Å². The highest BCUT2D eigenvalue weighted by molar-refractivity contribution is 7.12. The molecule has 0 unspecified atom stereocenters. The molecule has 2 aliphatic rings. The van der Waals surface area contributed by atoms with E-state index in [1.165, 1.54) is 22.6 Å². The van der Waals surface area contributed by atoms with Gasteiger partial charge in [-0.05, 0) is 51.7 Å². The van der Waals surface area contributed by atoms with Crippen LogP contribution in [-0.2, 0) is 0 Å². The molecule has 1 amide bonds. The van der Waals surface area contributed by atoms with E-state index in [-0.39, 0.29) is 5.91 Å². The van der Waals surface area contributed by atoms with Crippen LogP contribution in [0.3, 0.4) is 0 Å². The van der Waals surface area contributed by atoms with Crippen LogP contribution in [0.2, 0.25) is 0 Å². The minimum atomic E-state index is 0.116. The zero-order valence-corrected chi connectivity index (χ0v) is 18.4. The van der Waals surface area contributed by atoms with Gasteiger partial charge in [-0.25, -0.2) is 14.6 Å². The summed E-state index contributed by atoms with van der Waals surface area (Å²) in [6, 6.07) is 4.12. The third-order valence-corrected chi connectivity index (χ3v) is 7.01. The van der Waals surface area contributed by atoms with E-state index in [2.05, 4.69) is 30.0 Å². The predicted octanol–water partition coefficient (Wildman–Crippen LogP) is 4.90. The van der Waals surface area contributed by atoms with Gasteiger partial charge in [0.25, 0.3) is 11.9 Å². The van der Waals surface area contributed by atoms with Gasteiger partial charge in [0.15, 0.2) is 0 Å². The first-order valence-electron chi connectivity index (χ1n) is 10.9. The van der Waals surface area contributed by atoms with E-state index in [0.717, 1.165) is 61.3 Å². The topological polar surface area (TPSA) is 63.9 Å². The number of aromatic nitrogens is 4. The van der Waals surface area contributed by atoms with Crippen LogP contribution >= 0.6 is 11.3 Å². The second kappa shape index (κ2) is 7.95. The Kier molecular flexibility index (Phi) is 5.15. The lowest BCUT2D eigenvalue weighted by atomic mass is 10.1. The maximum Gasteiger partial charge on any atom is 0.257 e. The minimum Gasteiger partial charge on any atom is -0.339 e. The Labute approximate surface area is 181 Å². The molecule has 0 bridgehead atoms. The fourth-order valence-corrected chi connectivity index (χ4v) is 5.29. The standard InChI is InChI=1S/C23H27N5OS/c1-15-13-18(16(2)30-15)20-9-10-24-23(26-20)28-21(17-7-8-17)19(14-25-28)22(29)27-11-5-3-4-6-12-27/h9-10,13-14,17H,3-8,11-12H2,1-2H3. The summed E-state index contributed by atoms with van der Waals surface area (Å²) in [6.45, 7) is 5.92. The van der Waals surface area contributed by atoms with Crippen LogP contribution in [0.15, 0.2) is 24.5 Å². The first-order valence-corrected chi connectivity index (χ1v) is 11.7. The van der Waals surface area contributed by atoms with Gasteiger partial charge in [0.1, 0.15) is 0 Å². The van der Waals surface area contributed by atoms with E-state index >= 15 is 0 Å². The van der Waals surface area contributed by atoms with Crippen molar-refractivity contribution in [2.45, 2.75) is 58.3 Å². The van der Waals surface area contributed by atoms with Crippen LogP contribution < -0.4 is 0 Å². The van der Waals surface area contributed by atoms with Crippen molar-refractivity contribution >= 4 is 17.2 Å². The van der Waals surface area contributed by atoms with Crippen LogP contribution in [0.5, 0.6) is 0 Å². The van der Waals surface area contributed by atoms with Gasteiger partial charge in [0.2, 0.25) is 0 Å². The Bertz CT molecular complexity index is 1070. The molecule has 156 valence electrons. The fourth-order valence-electron chi connectivity index (χ4n) is 4.36. The number of nitrogens with zero attached hydrogens (tertiary/aromatic N) is 5. The van der Waals surface area contributed by atoms with Crippen LogP contribution in [-0.4, -0.2) is 43.6 Å². The summed E-state index contributed by atoms with van der Waals surface area (Å²) in [5.41, 5.74) is 3.76. The quantitative estimate of drug-likeness (QED) is 0.601. The van der Waals surface area contributed by atoms with Crippen molar-refractivity contribution in [1.29, 1.82) is 0 Å². The van der Waals surface area contributed by atoms with Crippen LogP contribution in [0.1, 0.15) is 70.2 Å². The molecule has 7 heteroatoms. The van der Waals surface area contributed by atoms with Gasteiger partial charge in [-0.3, -0.25) is 4.79 Å². The molecule has 1 saturated carbocycles. The highest BCUT2D eigenvalue weighted by atomic mass is 32.1. The summed E-state index contributed by atoms with van der Waals surface area (Å²) in [5, 5.41) is 4.60. The Balaban J connectivity index is 1.52. The molecule has 5 rings (SSSR count). The van der Waals surface area contributed by atoms with Gasteiger partial charge in [0.05, 0.1) is 23.1 Å². The molecule has 1 saturated heterocycles. The van der Waals surface area contributed by atoms with Crippen molar-refractivity contribution in [2.24, 2.45) is 0 Å². The van der Waals surface area contributed by atoms with Gasteiger partial charge in [-0.1, -0.05) is 12.8 Å². The number of hydrogen-bond acceptors (Lipinski definition) is 5. The fraction of sp³-hybridized carbons (Fsp3) is 0.478. The van der Waals surface area contributed by atoms with Gasteiger partial charge in [-0.2, -0.15) is 5.10 Å². The largest absolute Gasteiger partial charge is 0.339 e. The molecule has 0 aromatic carbocycles. The van der Waals surface area contributed by atoms with E-state index in [4.69, 9.17) is 4.98 Å². The number of likely N-dealkylation sites (tertiary alicyclic amines) is 1. The second-order valence-electron chi connectivity index (χ2n) is 8.40. The average molecular weight is 422 g/mol. The Morgan fingerprint density at radius 3 is 2.57 bits per heavy atom. The molecule has 1 aliphatic heterocycles. The van der Waals surface area contributed by atoms with E-state index < -0.39 is 0 Å². The Morgan fingerprint density at radius 2 is 1.90 bits per heavy atom. The molecule has 0 atom stereocenters. The number of carbonyl (C=O) groups is 1. The summed E-state index contributed by atoms with van der Waals surface area (Å²) in [5.74, 6) is 1.04. The highest BCUT2D eigenvalue weighted by Crippen LogP contribution is 2.42. The van der Waals surface area contributed by atoms with E-state index in [9.17, 15) is 4.79 Å². The summed E-state index contributed by atoms with van der Waals surface area (Å²) in [4.78, 5) is 27.2. The normalized spacial score (nSPS) is 17.2. The van der Waals surface area contributed by atoms with Crippen molar-refractivity contribution < 1.29 is 4.79 Å². The molecular formula is C23H27N5OS. The lowest BCUT2D eigenvalue weighted by molar-refractivity contribution is 0.0760.